The molecule has 2 heterocycles. The van der Waals surface area contributed by atoms with E-state index in [0.29, 0.717) is 18.5 Å². The molecule has 0 spiro atoms. The van der Waals surface area contributed by atoms with Gasteiger partial charge in [-0.15, -0.1) is 0 Å². The van der Waals surface area contributed by atoms with Gasteiger partial charge in [0.2, 0.25) is 0 Å². The largest absolute Gasteiger partial charge is 0.338 e. The number of aromatic nitrogens is 1. The molecule has 1 atom stereocenters. The van der Waals surface area contributed by atoms with Crippen LogP contribution in [0.2, 0.25) is 5.02 Å². The fourth-order valence-electron chi connectivity index (χ4n) is 1.99. The minimum Gasteiger partial charge on any atom is -0.338 e. The summed E-state index contributed by atoms with van der Waals surface area (Å²) in [4.78, 5) is 17.7. The summed E-state index contributed by atoms with van der Waals surface area (Å²) >= 11 is 5.94. The Morgan fingerprint density at radius 1 is 1.47 bits per heavy atom. The van der Waals surface area contributed by atoms with Crippen molar-refractivity contribution in [2.24, 2.45) is 0 Å². The number of nitrogens with zero attached hydrogens (tertiary/aromatic N) is 2. The molecule has 2 rings (SSSR count). The number of rotatable bonds is 1. The van der Waals surface area contributed by atoms with Gasteiger partial charge in [0.15, 0.2) is 9.84 Å². The number of carbonyl (C=O) groups is 1. The highest BCUT2D eigenvalue weighted by atomic mass is 35.5. The molecule has 1 amide bonds. The molecule has 104 valence electrons. The van der Waals surface area contributed by atoms with E-state index in [4.69, 9.17) is 11.6 Å². The minimum atomic E-state index is -3.10. The Labute approximate surface area is 117 Å². The Morgan fingerprint density at radius 2 is 2.21 bits per heavy atom. The molecule has 1 aliphatic heterocycles. The zero-order valence-electron chi connectivity index (χ0n) is 10.5. The van der Waals surface area contributed by atoms with E-state index >= 15 is 0 Å². The van der Waals surface area contributed by atoms with Crippen molar-refractivity contribution in [3.63, 3.8) is 0 Å². The van der Waals surface area contributed by atoms with E-state index in [9.17, 15) is 13.2 Å². The van der Waals surface area contributed by atoms with Crippen LogP contribution in [0.25, 0.3) is 0 Å². The molecule has 0 aromatic carbocycles. The molecule has 5 nitrogen and oxygen atoms in total. The van der Waals surface area contributed by atoms with Gasteiger partial charge in [-0.3, -0.25) is 9.78 Å². The van der Waals surface area contributed by atoms with E-state index in [1.807, 2.05) is 0 Å². The van der Waals surface area contributed by atoms with E-state index in [1.54, 1.807) is 17.9 Å². The summed E-state index contributed by atoms with van der Waals surface area (Å²) in [5.41, 5.74) is 0.364. The van der Waals surface area contributed by atoms with Crippen LogP contribution in [0, 0.1) is 0 Å². The lowest BCUT2D eigenvalue weighted by molar-refractivity contribution is 0.0767. The first kappa shape index (κ1) is 14.3. The number of amides is 1. The van der Waals surface area contributed by atoms with Crippen LogP contribution in [0.5, 0.6) is 0 Å². The predicted molar refractivity (Wildman–Crippen MR) is 73.0 cm³/mol. The number of halogens is 1. The Morgan fingerprint density at radius 3 is 2.89 bits per heavy atom. The molecule has 7 heteroatoms. The van der Waals surface area contributed by atoms with Crippen LogP contribution in [0.15, 0.2) is 18.5 Å². The zero-order chi connectivity index (χ0) is 14.0. The first-order valence-electron chi connectivity index (χ1n) is 6.02. The van der Waals surface area contributed by atoms with Crippen LogP contribution in [-0.2, 0) is 9.84 Å². The number of sulfone groups is 1. The zero-order valence-corrected chi connectivity index (χ0v) is 12.1. The summed E-state index contributed by atoms with van der Waals surface area (Å²) in [5.74, 6) is -0.237. The minimum absolute atomic E-state index is 0.00259. The molecule has 0 saturated carbocycles. The number of carbonyl (C=O) groups excluding carboxylic acids is 1. The van der Waals surface area contributed by atoms with Gasteiger partial charge in [0.25, 0.3) is 5.91 Å². The quantitative estimate of drug-likeness (QED) is 0.786. The molecule has 0 radical (unpaired) electrons. The van der Waals surface area contributed by atoms with Gasteiger partial charge in [-0.25, -0.2) is 8.42 Å². The van der Waals surface area contributed by atoms with Gasteiger partial charge in [-0.2, -0.15) is 0 Å². The Bertz CT molecular complexity index is 588. The van der Waals surface area contributed by atoms with Crippen molar-refractivity contribution < 1.29 is 13.2 Å². The van der Waals surface area contributed by atoms with Gasteiger partial charge in [0.1, 0.15) is 0 Å². The maximum Gasteiger partial charge on any atom is 0.255 e. The molecular weight excluding hydrogens is 288 g/mol. The van der Waals surface area contributed by atoms with Crippen molar-refractivity contribution in [1.82, 2.24) is 9.88 Å². The van der Waals surface area contributed by atoms with Gasteiger partial charge >= 0.3 is 0 Å². The fraction of sp³-hybridized carbons (Fsp3) is 0.500. The topological polar surface area (TPSA) is 67.3 Å². The van der Waals surface area contributed by atoms with Crippen molar-refractivity contribution in [1.29, 1.82) is 0 Å². The smallest absolute Gasteiger partial charge is 0.255 e. The molecular formula is C12H15ClN2O3S. The molecule has 1 aromatic heterocycles. The summed E-state index contributed by atoms with van der Waals surface area (Å²) < 4.78 is 23.6. The van der Waals surface area contributed by atoms with Crippen molar-refractivity contribution in [2.45, 2.75) is 18.6 Å². The Kier molecular flexibility index (Phi) is 4.10. The SMILES string of the molecule is C[C@H]1CCN(C(=O)c2ccncc2Cl)CCS1(=O)=O. The molecule has 1 saturated heterocycles. The summed E-state index contributed by atoms with van der Waals surface area (Å²) in [6.07, 6.45) is 3.36. The third-order valence-electron chi connectivity index (χ3n) is 3.35. The standard InChI is InChI=1S/C12H15ClN2O3S/c1-9-3-5-15(6-7-19(9,17)18)12(16)10-2-4-14-8-11(10)13/h2,4,8-9H,3,5-7H2,1H3/t9-/m0/s1. The van der Waals surface area contributed by atoms with E-state index in [2.05, 4.69) is 4.98 Å². The van der Waals surface area contributed by atoms with E-state index in [1.165, 1.54) is 12.4 Å². The van der Waals surface area contributed by atoms with Crippen molar-refractivity contribution >= 4 is 27.3 Å². The lowest BCUT2D eigenvalue weighted by Crippen LogP contribution is -2.33. The van der Waals surface area contributed by atoms with Crippen molar-refractivity contribution in [2.75, 3.05) is 18.8 Å². The van der Waals surface area contributed by atoms with E-state index in [0.717, 1.165) is 0 Å². The highest BCUT2D eigenvalue weighted by molar-refractivity contribution is 7.92. The fourth-order valence-corrected chi connectivity index (χ4v) is 3.53. The van der Waals surface area contributed by atoms with Crippen LogP contribution in [0.3, 0.4) is 0 Å². The molecule has 0 aliphatic carbocycles. The lowest BCUT2D eigenvalue weighted by Gasteiger charge is -2.20. The Balaban J connectivity index is 2.20. The van der Waals surface area contributed by atoms with E-state index < -0.39 is 15.1 Å². The van der Waals surface area contributed by atoms with Gasteiger partial charge in [0, 0.05) is 25.5 Å². The predicted octanol–water partition coefficient (Wildman–Crippen LogP) is 1.38. The van der Waals surface area contributed by atoms with Crippen LogP contribution < -0.4 is 0 Å². The second-order valence-electron chi connectivity index (χ2n) is 4.61. The van der Waals surface area contributed by atoms with Crippen LogP contribution in [-0.4, -0.2) is 48.3 Å². The maximum atomic E-state index is 12.3. The van der Waals surface area contributed by atoms with Crippen LogP contribution in [0.4, 0.5) is 0 Å². The number of hydrogen-bond acceptors (Lipinski definition) is 4. The summed E-state index contributed by atoms with van der Waals surface area (Å²) in [6, 6.07) is 1.55. The monoisotopic (exact) mass is 302 g/mol. The first-order chi connectivity index (χ1) is 8.92. The summed E-state index contributed by atoms with van der Waals surface area (Å²) in [5, 5.41) is -0.120. The highest BCUT2D eigenvalue weighted by Crippen LogP contribution is 2.19. The lowest BCUT2D eigenvalue weighted by atomic mass is 10.2. The highest BCUT2D eigenvalue weighted by Gasteiger charge is 2.29. The van der Waals surface area contributed by atoms with Crippen LogP contribution in [0.1, 0.15) is 23.7 Å². The number of hydrogen-bond donors (Lipinski definition) is 0. The van der Waals surface area contributed by atoms with Crippen molar-refractivity contribution in [3.8, 4) is 0 Å². The first-order valence-corrected chi connectivity index (χ1v) is 8.11. The third kappa shape index (κ3) is 3.06. The molecule has 1 aromatic rings. The maximum absolute atomic E-state index is 12.3. The van der Waals surface area contributed by atoms with Gasteiger partial charge in [-0.1, -0.05) is 11.6 Å². The molecule has 0 N–H and O–H groups in total. The Hall–Kier alpha value is -1.14. The third-order valence-corrected chi connectivity index (χ3v) is 5.87. The molecule has 0 unspecified atom stereocenters. The molecule has 1 aliphatic rings. The van der Waals surface area contributed by atoms with Gasteiger partial charge in [-0.05, 0) is 19.4 Å². The molecule has 0 bridgehead atoms. The van der Waals surface area contributed by atoms with Gasteiger partial charge < -0.3 is 4.90 Å². The average molecular weight is 303 g/mol. The van der Waals surface area contributed by atoms with Crippen LogP contribution >= 0.6 is 11.6 Å². The normalized spacial score (nSPS) is 22.8. The average Bonchev–Trinajstić information content (AvgIpc) is 2.50. The van der Waals surface area contributed by atoms with Gasteiger partial charge in [0.05, 0.1) is 21.6 Å². The van der Waals surface area contributed by atoms with Crippen molar-refractivity contribution in [3.05, 3.63) is 29.0 Å². The molecule has 19 heavy (non-hydrogen) atoms. The molecule has 1 fully saturated rings. The second-order valence-corrected chi connectivity index (χ2v) is 7.56. The summed E-state index contributed by atoms with van der Waals surface area (Å²) in [7, 11) is -3.10. The number of pyridine rings is 1. The summed E-state index contributed by atoms with van der Waals surface area (Å²) in [6.45, 7) is 2.32. The van der Waals surface area contributed by atoms with E-state index in [-0.39, 0.29) is 23.2 Å². The second kappa shape index (κ2) is 5.46.